The first kappa shape index (κ1) is 15.2. The Kier molecular flexibility index (Phi) is 5.32. The van der Waals surface area contributed by atoms with Crippen LogP contribution in [0.15, 0.2) is 42.5 Å². The van der Waals surface area contributed by atoms with E-state index in [1.54, 1.807) is 0 Å². The lowest BCUT2D eigenvalue weighted by molar-refractivity contribution is 0.612. The molecule has 0 saturated heterocycles. The fourth-order valence-electron chi connectivity index (χ4n) is 2.37. The van der Waals surface area contributed by atoms with Gasteiger partial charge in [0.2, 0.25) is 0 Å². The minimum atomic E-state index is -0.848. The first-order valence-corrected chi connectivity index (χ1v) is 8.68. The van der Waals surface area contributed by atoms with E-state index in [4.69, 9.17) is 5.73 Å². The van der Waals surface area contributed by atoms with Gasteiger partial charge in [0.05, 0.1) is 0 Å². The van der Waals surface area contributed by atoms with Gasteiger partial charge in [0.15, 0.2) is 0 Å². The molecule has 0 aliphatic rings. The number of benzene rings is 2. The predicted molar refractivity (Wildman–Crippen MR) is 88.2 cm³/mol. The molecule has 2 nitrogen and oxygen atoms in total. The van der Waals surface area contributed by atoms with Crippen LogP contribution in [0.3, 0.4) is 0 Å². The van der Waals surface area contributed by atoms with Gasteiger partial charge in [-0.2, -0.15) is 0 Å². The van der Waals surface area contributed by atoms with Crippen molar-refractivity contribution in [3.63, 3.8) is 0 Å². The Hall–Kier alpha value is -1.19. The second-order valence-corrected chi connectivity index (χ2v) is 7.01. The minimum Gasteiger partial charge on any atom is -0.323 e. The Bertz CT molecular complexity index is 591. The molecule has 2 aromatic carbocycles. The highest BCUT2D eigenvalue weighted by Gasteiger charge is 2.14. The molecule has 0 aliphatic heterocycles. The van der Waals surface area contributed by atoms with Crippen LogP contribution >= 0.6 is 0 Å². The molecule has 0 saturated carbocycles. The van der Waals surface area contributed by atoms with Gasteiger partial charge in [-0.3, -0.25) is 4.21 Å². The number of hydrogen-bond donors (Lipinski definition) is 1. The molecule has 3 unspecified atom stereocenters. The van der Waals surface area contributed by atoms with Crippen LogP contribution in [-0.2, 0) is 10.8 Å². The Morgan fingerprint density at radius 3 is 2.55 bits per heavy atom. The van der Waals surface area contributed by atoms with E-state index in [0.29, 0.717) is 11.7 Å². The van der Waals surface area contributed by atoms with Gasteiger partial charge < -0.3 is 5.73 Å². The van der Waals surface area contributed by atoms with E-state index in [-0.39, 0.29) is 6.04 Å². The van der Waals surface area contributed by atoms with Crippen LogP contribution in [0.2, 0.25) is 0 Å². The molecule has 0 heterocycles. The van der Waals surface area contributed by atoms with Gasteiger partial charge in [-0.15, -0.1) is 0 Å². The Morgan fingerprint density at radius 2 is 1.80 bits per heavy atom. The van der Waals surface area contributed by atoms with Gasteiger partial charge >= 0.3 is 0 Å². The van der Waals surface area contributed by atoms with Gasteiger partial charge in [-0.05, 0) is 22.3 Å². The third-order valence-corrected chi connectivity index (χ3v) is 5.43. The third-order valence-electron chi connectivity index (χ3n) is 3.76. The number of hydrogen-bond acceptors (Lipinski definition) is 2. The monoisotopic (exact) mass is 289 g/mol. The first-order chi connectivity index (χ1) is 9.61. The normalized spacial score (nSPS) is 15.9. The standard InChI is InChI=1S/C17H23NOS/c1-3-13(2)11-20(19)12-17(18)16-10-6-8-14-7-4-5-9-15(14)16/h4-10,13,17H,3,11-12,18H2,1-2H3. The van der Waals surface area contributed by atoms with Gasteiger partial charge in [0, 0.05) is 28.3 Å². The molecule has 2 N–H and O–H groups in total. The highest BCUT2D eigenvalue weighted by molar-refractivity contribution is 7.85. The van der Waals surface area contributed by atoms with Crippen molar-refractivity contribution in [2.45, 2.75) is 26.3 Å². The van der Waals surface area contributed by atoms with Crippen LogP contribution in [-0.4, -0.2) is 15.7 Å². The average Bonchev–Trinajstić information content (AvgIpc) is 2.46. The number of fused-ring (bicyclic) bond motifs is 1. The molecule has 2 rings (SSSR count). The van der Waals surface area contributed by atoms with Gasteiger partial charge in [-0.25, -0.2) is 0 Å². The number of nitrogens with two attached hydrogens (primary N) is 1. The molecule has 0 radical (unpaired) electrons. The van der Waals surface area contributed by atoms with Gasteiger partial charge in [-0.1, -0.05) is 62.7 Å². The molecular formula is C17H23NOS. The lowest BCUT2D eigenvalue weighted by Crippen LogP contribution is -2.21. The molecule has 20 heavy (non-hydrogen) atoms. The summed E-state index contributed by atoms with van der Waals surface area (Å²) in [6.07, 6.45) is 1.06. The molecule has 0 amide bonds. The Balaban J connectivity index is 2.15. The van der Waals surface area contributed by atoms with E-state index in [2.05, 4.69) is 32.0 Å². The summed E-state index contributed by atoms with van der Waals surface area (Å²) >= 11 is 0. The Morgan fingerprint density at radius 1 is 1.10 bits per heavy atom. The van der Waals surface area contributed by atoms with Crippen molar-refractivity contribution in [1.82, 2.24) is 0 Å². The van der Waals surface area contributed by atoms with E-state index in [1.807, 2.05) is 24.3 Å². The van der Waals surface area contributed by atoms with Crippen molar-refractivity contribution in [3.8, 4) is 0 Å². The molecule has 3 heteroatoms. The van der Waals surface area contributed by atoms with Crippen molar-refractivity contribution in [1.29, 1.82) is 0 Å². The molecule has 0 aliphatic carbocycles. The van der Waals surface area contributed by atoms with E-state index in [0.717, 1.165) is 17.7 Å². The summed E-state index contributed by atoms with van der Waals surface area (Å²) < 4.78 is 12.2. The van der Waals surface area contributed by atoms with Gasteiger partial charge in [0.1, 0.15) is 0 Å². The first-order valence-electron chi connectivity index (χ1n) is 7.20. The predicted octanol–water partition coefficient (Wildman–Crippen LogP) is 3.63. The molecule has 2 aromatic rings. The maximum atomic E-state index is 12.2. The highest BCUT2D eigenvalue weighted by atomic mass is 32.2. The van der Waals surface area contributed by atoms with Crippen LogP contribution in [0, 0.1) is 5.92 Å². The van der Waals surface area contributed by atoms with Crippen LogP contribution in [0.5, 0.6) is 0 Å². The number of rotatable bonds is 6. The summed E-state index contributed by atoms with van der Waals surface area (Å²) in [5.41, 5.74) is 7.38. The van der Waals surface area contributed by atoms with Crippen molar-refractivity contribution in [2.75, 3.05) is 11.5 Å². The summed E-state index contributed by atoms with van der Waals surface area (Å²) in [4.78, 5) is 0. The summed E-state index contributed by atoms with van der Waals surface area (Å²) in [6, 6.07) is 14.2. The third kappa shape index (κ3) is 3.68. The second-order valence-electron chi connectivity index (χ2n) is 5.46. The van der Waals surface area contributed by atoms with Gasteiger partial charge in [0.25, 0.3) is 0 Å². The zero-order valence-electron chi connectivity index (χ0n) is 12.2. The summed E-state index contributed by atoms with van der Waals surface area (Å²) in [5, 5.41) is 2.36. The second kappa shape index (κ2) is 7.00. The molecular weight excluding hydrogens is 266 g/mol. The van der Waals surface area contributed by atoms with Crippen LogP contribution in [0.25, 0.3) is 10.8 Å². The quantitative estimate of drug-likeness (QED) is 0.882. The van der Waals surface area contributed by atoms with Crippen molar-refractivity contribution in [2.24, 2.45) is 11.7 Å². The van der Waals surface area contributed by atoms with E-state index < -0.39 is 10.8 Å². The molecule has 0 fully saturated rings. The fourth-order valence-corrected chi connectivity index (χ4v) is 3.95. The highest BCUT2D eigenvalue weighted by Crippen LogP contribution is 2.23. The van der Waals surface area contributed by atoms with Crippen LogP contribution in [0.1, 0.15) is 31.9 Å². The summed E-state index contributed by atoms with van der Waals surface area (Å²) in [5.74, 6) is 1.78. The van der Waals surface area contributed by atoms with Crippen molar-refractivity contribution in [3.05, 3.63) is 48.0 Å². The minimum absolute atomic E-state index is 0.161. The SMILES string of the molecule is CCC(C)CS(=O)CC(N)c1cccc2ccccc12. The smallest absolute Gasteiger partial charge is 0.0428 e. The molecule has 0 spiro atoms. The van der Waals surface area contributed by atoms with Crippen LogP contribution < -0.4 is 5.73 Å². The molecule has 0 bridgehead atoms. The lowest BCUT2D eigenvalue weighted by Gasteiger charge is -2.16. The Labute approximate surface area is 123 Å². The van der Waals surface area contributed by atoms with Crippen LogP contribution in [0.4, 0.5) is 0 Å². The van der Waals surface area contributed by atoms with E-state index >= 15 is 0 Å². The summed E-state index contributed by atoms with van der Waals surface area (Å²) in [6.45, 7) is 4.27. The maximum Gasteiger partial charge on any atom is 0.0428 e. The molecule has 3 atom stereocenters. The summed E-state index contributed by atoms with van der Waals surface area (Å²) in [7, 11) is -0.848. The average molecular weight is 289 g/mol. The van der Waals surface area contributed by atoms with Crippen molar-refractivity contribution >= 4 is 21.6 Å². The van der Waals surface area contributed by atoms with E-state index in [9.17, 15) is 4.21 Å². The maximum absolute atomic E-state index is 12.2. The molecule has 0 aromatic heterocycles. The largest absolute Gasteiger partial charge is 0.323 e. The zero-order chi connectivity index (χ0) is 14.5. The van der Waals surface area contributed by atoms with Crippen molar-refractivity contribution < 1.29 is 4.21 Å². The fraction of sp³-hybridized carbons (Fsp3) is 0.412. The lowest BCUT2D eigenvalue weighted by atomic mass is 10.0. The topological polar surface area (TPSA) is 43.1 Å². The zero-order valence-corrected chi connectivity index (χ0v) is 13.0. The van der Waals surface area contributed by atoms with E-state index in [1.165, 1.54) is 10.8 Å². The molecule has 108 valence electrons.